The molecule has 3 rings (SSSR count). The highest BCUT2D eigenvalue weighted by Crippen LogP contribution is 2.29. The molecule has 2 amide bonds. The quantitative estimate of drug-likeness (QED) is 0.804. The van der Waals surface area contributed by atoms with Crippen molar-refractivity contribution in [3.8, 4) is 0 Å². The Kier molecular flexibility index (Phi) is 6.00. The average Bonchev–Trinajstić information content (AvgIpc) is 2.80. The predicted molar refractivity (Wildman–Crippen MR) is 93.5 cm³/mol. The Bertz CT molecular complexity index is 670. The van der Waals surface area contributed by atoms with Crippen LogP contribution >= 0.6 is 11.8 Å². The summed E-state index contributed by atoms with van der Waals surface area (Å²) in [6.45, 7) is 0.328. The third kappa shape index (κ3) is 4.28. The minimum absolute atomic E-state index is 0.0523. The molecule has 0 aromatic heterocycles. The van der Waals surface area contributed by atoms with Gasteiger partial charge in [-0.25, -0.2) is 9.59 Å². The second kappa shape index (κ2) is 8.41. The molecule has 0 saturated carbocycles. The highest BCUT2D eigenvalue weighted by Gasteiger charge is 2.43. The zero-order chi connectivity index (χ0) is 18.5. The number of thioether (sulfide) groups is 1. The van der Waals surface area contributed by atoms with Crippen LogP contribution < -0.4 is 5.32 Å². The Morgan fingerprint density at radius 1 is 1.31 bits per heavy atom. The van der Waals surface area contributed by atoms with Crippen LogP contribution in [0.4, 0.5) is 4.79 Å². The van der Waals surface area contributed by atoms with Gasteiger partial charge >= 0.3 is 12.1 Å². The summed E-state index contributed by atoms with van der Waals surface area (Å²) >= 11 is 1.46. The third-order valence-electron chi connectivity index (χ3n) is 4.24. The van der Waals surface area contributed by atoms with Crippen LogP contribution in [0.1, 0.15) is 12.0 Å². The molecule has 140 valence electrons. The van der Waals surface area contributed by atoms with Crippen LogP contribution in [0, 0.1) is 0 Å². The molecule has 2 heterocycles. The van der Waals surface area contributed by atoms with E-state index in [2.05, 4.69) is 5.32 Å². The number of carbonyl (C=O) groups excluding carboxylic acids is 2. The van der Waals surface area contributed by atoms with Gasteiger partial charge in [-0.1, -0.05) is 30.3 Å². The normalized spacial score (nSPS) is 25.8. The summed E-state index contributed by atoms with van der Waals surface area (Å²) in [5, 5.41) is 11.6. The maximum Gasteiger partial charge on any atom is 0.408 e. The molecule has 9 heteroatoms. The van der Waals surface area contributed by atoms with Crippen molar-refractivity contribution >= 4 is 29.7 Å². The Hall–Kier alpha value is -2.26. The van der Waals surface area contributed by atoms with Crippen LogP contribution in [-0.4, -0.2) is 64.4 Å². The Morgan fingerprint density at radius 2 is 2.08 bits per heavy atom. The minimum atomic E-state index is -1.11. The van der Waals surface area contributed by atoms with Crippen molar-refractivity contribution < 1.29 is 29.0 Å². The van der Waals surface area contributed by atoms with Crippen LogP contribution in [-0.2, 0) is 25.7 Å². The number of nitrogens with one attached hydrogen (secondary N) is 1. The molecule has 2 N–H and O–H groups in total. The number of aliphatic carboxylic acids is 1. The number of ether oxygens (including phenoxy) is 2. The van der Waals surface area contributed by atoms with Crippen LogP contribution in [0.5, 0.6) is 0 Å². The first-order valence-electron chi connectivity index (χ1n) is 8.28. The fourth-order valence-electron chi connectivity index (χ4n) is 2.92. The van der Waals surface area contributed by atoms with Crippen molar-refractivity contribution in [1.29, 1.82) is 0 Å². The molecule has 2 fully saturated rings. The largest absolute Gasteiger partial charge is 0.480 e. The molecule has 0 bridgehead atoms. The van der Waals surface area contributed by atoms with Crippen molar-refractivity contribution in [3.63, 3.8) is 0 Å². The number of alkyl carbamates (subject to hydrolysis) is 1. The number of hydrogen-bond donors (Lipinski definition) is 2. The summed E-state index contributed by atoms with van der Waals surface area (Å²) in [6.07, 6.45) is -0.292. The monoisotopic (exact) mass is 380 g/mol. The fraction of sp³-hybridized carbons (Fsp3) is 0.471. The van der Waals surface area contributed by atoms with E-state index >= 15 is 0 Å². The van der Waals surface area contributed by atoms with Gasteiger partial charge in [0.25, 0.3) is 0 Å². The number of rotatable bonds is 4. The number of carboxylic acid groups (broad SMARTS) is 1. The molecule has 0 radical (unpaired) electrons. The number of carbonyl (C=O) groups is 3. The van der Waals surface area contributed by atoms with Crippen molar-refractivity contribution in [1.82, 2.24) is 10.2 Å². The van der Waals surface area contributed by atoms with E-state index in [9.17, 15) is 19.5 Å². The Morgan fingerprint density at radius 3 is 2.81 bits per heavy atom. The Balaban J connectivity index is 1.62. The zero-order valence-electron chi connectivity index (χ0n) is 14.0. The number of hydrogen-bond acceptors (Lipinski definition) is 6. The summed E-state index contributed by atoms with van der Waals surface area (Å²) in [4.78, 5) is 37.7. The smallest absolute Gasteiger partial charge is 0.408 e. The number of morpholine rings is 1. The minimum Gasteiger partial charge on any atom is -0.480 e. The zero-order valence-corrected chi connectivity index (χ0v) is 14.8. The first-order chi connectivity index (χ1) is 12.6. The van der Waals surface area contributed by atoms with Gasteiger partial charge in [-0.3, -0.25) is 4.79 Å². The van der Waals surface area contributed by atoms with Crippen LogP contribution in [0.2, 0.25) is 0 Å². The number of fused-ring (bicyclic) bond motifs is 1. The van der Waals surface area contributed by atoms with Gasteiger partial charge in [0.15, 0.2) is 6.04 Å². The van der Waals surface area contributed by atoms with Crippen LogP contribution in [0.15, 0.2) is 30.3 Å². The van der Waals surface area contributed by atoms with E-state index in [4.69, 9.17) is 9.47 Å². The predicted octanol–water partition coefficient (Wildman–Crippen LogP) is 1.06. The lowest BCUT2D eigenvalue weighted by Crippen LogP contribution is -2.60. The molecule has 26 heavy (non-hydrogen) atoms. The van der Waals surface area contributed by atoms with E-state index in [0.29, 0.717) is 12.2 Å². The number of benzene rings is 1. The van der Waals surface area contributed by atoms with Crippen molar-refractivity contribution in [2.24, 2.45) is 0 Å². The topological polar surface area (TPSA) is 105 Å². The molecular formula is C17H20N2O6S. The van der Waals surface area contributed by atoms with E-state index in [1.807, 2.05) is 30.3 Å². The summed E-state index contributed by atoms with van der Waals surface area (Å²) in [5.41, 5.74) is 0.838. The van der Waals surface area contributed by atoms with Gasteiger partial charge in [-0.05, 0) is 17.7 Å². The van der Waals surface area contributed by atoms with Gasteiger partial charge in [-0.15, -0.1) is 11.8 Å². The molecule has 2 aliphatic rings. The number of carboxylic acids is 1. The summed E-state index contributed by atoms with van der Waals surface area (Å²) < 4.78 is 10.5. The highest BCUT2D eigenvalue weighted by molar-refractivity contribution is 7.99. The molecule has 1 aromatic rings. The standard InChI is InChI=1S/C17H20N2O6S/c20-15-12(18-17(23)25-8-11-4-2-1-3-5-11)6-7-26-14-10-24-9-13(16(21)22)19(14)15/h1-5,12-14H,6-10H2,(H,18,23)(H,21,22)/t12-,13-,14-/m0/s1. The lowest BCUT2D eigenvalue weighted by Gasteiger charge is -2.39. The van der Waals surface area contributed by atoms with Gasteiger partial charge in [0, 0.05) is 0 Å². The molecule has 0 unspecified atom stereocenters. The molecule has 3 atom stereocenters. The van der Waals surface area contributed by atoms with E-state index < -0.39 is 30.1 Å². The van der Waals surface area contributed by atoms with E-state index in [1.54, 1.807) is 0 Å². The van der Waals surface area contributed by atoms with Crippen LogP contribution in [0.3, 0.4) is 0 Å². The van der Waals surface area contributed by atoms with Crippen molar-refractivity contribution in [2.75, 3.05) is 19.0 Å². The number of nitrogens with zero attached hydrogens (tertiary/aromatic N) is 1. The second-order valence-corrected chi connectivity index (χ2v) is 7.30. The molecule has 1 aromatic carbocycles. The highest BCUT2D eigenvalue weighted by atomic mass is 32.2. The molecule has 8 nitrogen and oxygen atoms in total. The SMILES string of the molecule is O=C(N[C@H]1CCS[C@H]2COC[C@@H](C(=O)O)N2C1=O)OCc1ccccc1. The third-order valence-corrected chi connectivity index (χ3v) is 5.46. The van der Waals surface area contributed by atoms with Gasteiger partial charge < -0.3 is 24.8 Å². The van der Waals surface area contributed by atoms with Gasteiger partial charge in [-0.2, -0.15) is 0 Å². The van der Waals surface area contributed by atoms with Gasteiger partial charge in [0.1, 0.15) is 18.0 Å². The molecule has 0 spiro atoms. The maximum absolute atomic E-state index is 12.8. The van der Waals surface area contributed by atoms with Crippen molar-refractivity contribution in [3.05, 3.63) is 35.9 Å². The summed E-state index contributed by atoms with van der Waals surface area (Å²) in [5.74, 6) is -0.921. The number of amides is 2. The molecular weight excluding hydrogens is 360 g/mol. The van der Waals surface area contributed by atoms with Gasteiger partial charge in [0.2, 0.25) is 5.91 Å². The lowest BCUT2D eigenvalue weighted by molar-refractivity contribution is -0.160. The van der Waals surface area contributed by atoms with E-state index in [1.165, 1.54) is 16.7 Å². The summed E-state index contributed by atoms with van der Waals surface area (Å²) in [7, 11) is 0. The second-order valence-electron chi connectivity index (χ2n) is 6.01. The summed E-state index contributed by atoms with van der Waals surface area (Å²) in [6, 6.07) is 7.35. The van der Waals surface area contributed by atoms with Crippen molar-refractivity contribution in [2.45, 2.75) is 30.5 Å². The average molecular weight is 380 g/mol. The molecule has 2 saturated heterocycles. The lowest BCUT2D eigenvalue weighted by atomic mass is 10.1. The maximum atomic E-state index is 12.8. The molecule has 2 aliphatic heterocycles. The fourth-order valence-corrected chi connectivity index (χ4v) is 4.17. The van der Waals surface area contributed by atoms with E-state index in [-0.39, 0.29) is 25.2 Å². The van der Waals surface area contributed by atoms with E-state index in [0.717, 1.165) is 5.56 Å². The first kappa shape index (κ1) is 18.5. The first-order valence-corrected chi connectivity index (χ1v) is 9.32. The van der Waals surface area contributed by atoms with Gasteiger partial charge in [0.05, 0.1) is 13.2 Å². The Labute approximate surface area is 154 Å². The van der Waals surface area contributed by atoms with Crippen LogP contribution in [0.25, 0.3) is 0 Å². The molecule has 0 aliphatic carbocycles.